The third-order valence-corrected chi connectivity index (χ3v) is 1.87. The maximum atomic E-state index is 10.7. The second-order valence-corrected chi connectivity index (χ2v) is 2.77. The molecule has 0 aliphatic rings. The molecule has 0 aliphatic heterocycles. The highest BCUT2D eigenvalue weighted by Crippen LogP contribution is 2.18. The van der Waals surface area contributed by atoms with Gasteiger partial charge in [-0.25, -0.2) is 4.79 Å². The predicted molar refractivity (Wildman–Crippen MR) is 53.3 cm³/mol. The number of aliphatic hydroxyl groups is 1. The summed E-state index contributed by atoms with van der Waals surface area (Å²) < 4.78 is 0. The van der Waals surface area contributed by atoms with Crippen molar-refractivity contribution in [2.24, 2.45) is 0 Å². The highest BCUT2D eigenvalue weighted by Gasteiger charge is 2.09. The normalized spacial score (nSPS) is 10.6. The molecule has 4 N–H and O–H groups in total. The van der Waals surface area contributed by atoms with Gasteiger partial charge in [-0.15, -0.1) is 0 Å². The van der Waals surface area contributed by atoms with Crippen molar-refractivity contribution in [1.82, 2.24) is 0 Å². The number of hydrogen-bond acceptors (Lipinski definition) is 3. The van der Waals surface area contributed by atoms with Crippen LogP contribution in [-0.4, -0.2) is 16.2 Å². The summed E-state index contributed by atoms with van der Waals surface area (Å²) in [5.74, 6) is -1.04. The van der Waals surface area contributed by atoms with Crippen LogP contribution in [0, 0.1) is 0 Å². The van der Waals surface area contributed by atoms with Crippen molar-refractivity contribution in [2.75, 3.05) is 5.73 Å². The Balaban J connectivity index is 3.07. The van der Waals surface area contributed by atoms with Crippen molar-refractivity contribution in [3.63, 3.8) is 0 Å². The fraction of sp³-hybridized carbons (Fsp3) is 0.100. The summed E-state index contributed by atoms with van der Waals surface area (Å²) in [5.41, 5.74) is 6.66. The molecular weight excluding hydrogens is 182 g/mol. The van der Waals surface area contributed by atoms with Crippen molar-refractivity contribution in [1.29, 1.82) is 0 Å². The minimum absolute atomic E-state index is 0.0915. The van der Waals surface area contributed by atoms with Gasteiger partial charge in [0.25, 0.3) is 0 Å². The second-order valence-electron chi connectivity index (χ2n) is 2.77. The van der Waals surface area contributed by atoms with Gasteiger partial charge in [-0.1, -0.05) is 12.1 Å². The smallest absolute Gasteiger partial charge is 0.337 e. The van der Waals surface area contributed by atoms with Gasteiger partial charge in [-0.3, -0.25) is 0 Å². The number of carbonyl (C=O) groups is 1. The van der Waals surface area contributed by atoms with Crippen molar-refractivity contribution in [3.8, 4) is 0 Å². The molecule has 0 atom stereocenters. The number of nitrogens with two attached hydrogens (primary N) is 1. The molecule has 1 rings (SSSR count). The van der Waals surface area contributed by atoms with Crippen LogP contribution in [0.1, 0.15) is 15.9 Å². The van der Waals surface area contributed by atoms with Gasteiger partial charge in [0.1, 0.15) is 0 Å². The Morgan fingerprint density at radius 1 is 1.50 bits per heavy atom. The number of benzene rings is 1. The van der Waals surface area contributed by atoms with Crippen LogP contribution in [0.4, 0.5) is 5.69 Å². The monoisotopic (exact) mass is 193 g/mol. The number of para-hydroxylation sites is 1. The van der Waals surface area contributed by atoms with Crippen LogP contribution in [0.3, 0.4) is 0 Å². The van der Waals surface area contributed by atoms with Crippen molar-refractivity contribution >= 4 is 11.7 Å². The molecule has 0 aromatic heterocycles. The first-order valence-corrected chi connectivity index (χ1v) is 4.06. The lowest BCUT2D eigenvalue weighted by molar-refractivity contribution is 0.0698. The largest absolute Gasteiger partial charge is 0.516 e. The number of rotatable bonds is 3. The number of aliphatic hydroxyl groups excluding tert-OH is 1. The molecule has 0 aliphatic carbocycles. The molecule has 0 saturated carbocycles. The molecule has 4 heteroatoms. The lowest BCUT2D eigenvalue weighted by Crippen LogP contribution is -2.04. The van der Waals surface area contributed by atoms with E-state index in [2.05, 4.69) is 0 Å². The Hall–Kier alpha value is -1.97. The fourth-order valence-corrected chi connectivity index (χ4v) is 1.16. The van der Waals surface area contributed by atoms with E-state index in [-0.39, 0.29) is 11.3 Å². The number of allylic oxidation sites excluding steroid dienone is 1. The van der Waals surface area contributed by atoms with Crippen LogP contribution >= 0.6 is 0 Å². The summed E-state index contributed by atoms with van der Waals surface area (Å²) in [4.78, 5) is 10.7. The number of anilines is 1. The number of carboxylic acids is 1. The van der Waals surface area contributed by atoms with Crippen molar-refractivity contribution in [3.05, 3.63) is 41.7 Å². The maximum Gasteiger partial charge on any atom is 0.337 e. The predicted octanol–water partition coefficient (Wildman–Crippen LogP) is 1.58. The topological polar surface area (TPSA) is 83.5 Å². The van der Waals surface area contributed by atoms with Gasteiger partial charge in [0.15, 0.2) is 0 Å². The van der Waals surface area contributed by atoms with Gasteiger partial charge in [0.2, 0.25) is 0 Å². The third-order valence-electron chi connectivity index (χ3n) is 1.87. The van der Waals surface area contributed by atoms with E-state index in [0.717, 1.165) is 6.26 Å². The summed E-state index contributed by atoms with van der Waals surface area (Å²) in [6.45, 7) is 0. The van der Waals surface area contributed by atoms with Gasteiger partial charge in [0, 0.05) is 5.69 Å². The molecule has 0 amide bonds. The molecule has 0 unspecified atom stereocenters. The van der Waals surface area contributed by atoms with Crippen LogP contribution in [0.5, 0.6) is 0 Å². The molecule has 74 valence electrons. The van der Waals surface area contributed by atoms with Crippen LogP contribution in [-0.2, 0) is 6.42 Å². The van der Waals surface area contributed by atoms with Gasteiger partial charge in [0.05, 0.1) is 11.8 Å². The highest BCUT2D eigenvalue weighted by molar-refractivity contribution is 5.94. The quantitative estimate of drug-likeness (QED) is 0.502. The minimum atomic E-state index is -1.04. The SMILES string of the molecule is Nc1c(CC=CO)cccc1C(=O)O. The van der Waals surface area contributed by atoms with E-state index in [1.165, 1.54) is 12.1 Å². The molecule has 14 heavy (non-hydrogen) atoms. The Morgan fingerprint density at radius 2 is 2.21 bits per heavy atom. The average Bonchev–Trinajstić information content (AvgIpc) is 2.16. The highest BCUT2D eigenvalue weighted by atomic mass is 16.4. The van der Waals surface area contributed by atoms with E-state index in [0.29, 0.717) is 12.0 Å². The van der Waals surface area contributed by atoms with Gasteiger partial charge in [-0.2, -0.15) is 0 Å². The summed E-state index contributed by atoms with van der Waals surface area (Å²) >= 11 is 0. The lowest BCUT2D eigenvalue weighted by Gasteiger charge is -2.05. The molecule has 0 bridgehead atoms. The lowest BCUT2D eigenvalue weighted by atomic mass is 10.0. The van der Waals surface area contributed by atoms with Gasteiger partial charge >= 0.3 is 5.97 Å². The van der Waals surface area contributed by atoms with E-state index in [1.807, 2.05) is 0 Å². The molecule has 1 aromatic carbocycles. The molecule has 0 radical (unpaired) electrons. The molecule has 4 nitrogen and oxygen atoms in total. The minimum Gasteiger partial charge on any atom is -0.516 e. The Morgan fingerprint density at radius 3 is 2.79 bits per heavy atom. The van der Waals surface area contributed by atoms with Gasteiger partial charge in [-0.05, 0) is 24.1 Å². The zero-order chi connectivity index (χ0) is 10.6. The summed E-state index contributed by atoms with van der Waals surface area (Å²) in [5, 5.41) is 17.2. The first-order valence-electron chi connectivity index (χ1n) is 4.06. The first kappa shape index (κ1) is 10.1. The summed E-state index contributed by atoms with van der Waals surface area (Å²) in [6.07, 6.45) is 2.83. The first-order chi connectivity index (χ1) is 6.66. The van der Waals surface area contributed by atoms with Crippen molar-refractivity contribution < 1.29 is 15.0 Å². The van der Waals surface area contributed by atoms with Crippen LogP contribution in [0.2, 0.25) is 0 Å². The number of carboxylic acid groups (broad SMARTS) is 1. The van der Waals surface area contributed by atoms with Gasteiger partial charge < -0.3 is 15.9 Å². The van der Waals surface area contributed by atoms with Crippen LogP contribution in [0.15, 0.2) is 30.5 Å². The zero-order valence-electron chi connectivity index (χ0n) is 7.47. The molecular formula is C10H11NO3. The zero-order valence-corrected chi connectivity index (χ0v) is 7.47. The summed E-state index contributed by atoms with van der Waals surface area (Å²) in [6, 6.07) is 4.80. The Kier molecular flexibility index (Phi) is 3.12. The van der Waals surface area contributed by atoms with E-state index in [4.69, 9.17) is 15.9 Å². The Labute approximate surface area is 81.3 Å². The molecule has 0 heterocycles. The molecule has 0 fully saturated rings. The van der Waals surface area contributed by atoms with E-state index >= 15 is 0 Å². The number of nitrogen functional groups attached to an aromatic ring is 1. The third kappa shape index (κ3) is 2.04. The average molecular weight is 193 g/mol. The van der Waals surface area contributed by atoms with E-state index in [9.17, 15) is 4.79 Å². The fourth-order valence-electron chi connectivity index (χ4n) is 1.16. The molecule has 0 saturated heterocycles. The standard InChI is InChI=1S/C10H11NO3/c11-9-7(4-2-6-12)3-1-5-8(9)10(13)14/h1-3,5-6,12H,4,11H2,(H,13,14). The van der Waals surface area contributed by atoms with Crippen molar-refractivity contribution in [2.45, 2.75) is 6.42 Å². The van der Waals surface area contributed by atoms with Crippen LogP contribution in [0.25, 0.3) is 0 Å². The van der Waals surface area contributed by atoms with E-state index < -0.39 is 5.97 Å². The van der Waals surface area contributed by atoms with Crippen LogP contribution < -0.4 is 5.73 Å². The Bertz CT molecular complexity index is 372. The second kappa shape index (κ2) is 4.32. The molecule has 0 spiro atoms. The maximum absolute atomic E-state index is 10.7. The number of hydrogen-bond donors (Lipinski definition) is 3. The summed E-state index contributed by atoms with van der Waals surface area (Å²) in [7, 11) is 0. The number of aromatic carboxylic acids is 1. The van der Waals surface area contributed by atoms with E-state index in [1.54, 1.807) is 12.1 Å². The molecule has 1 aromatic rings.